The first kappa shape index (κ1) is 25.0. The molecule has 9 heteroatoms. The van der Waals surface area contributed by atoms with Gasteiger partial charge in [0.05, 0.1) is 5.54 Å². The lowest BCUT2D eigenvalue weighted by atomic mass is 9.81. The quantitative estimate of drug-likeness (QED) is 0.398. The normalized spacial score (nSPS) is 23.2. The molecule has 3 rings (SSSR count). The van der Waals surface area contributed by atoms with Gasteiger partial charge in [-0.05, 0) is 78.5 Å². The Morgan fingerprint density at radius 3 is 2.31 bits per heavy atom. The second-order valence-electron chi connectivity index (χ2n) is 10.1. The lowest BCUT2D eigenvalue weighted by molar-refractivity contribution is 0.0150. The molecule has 0 bridgehead atoms. The van der Waals surface area contributed by atoms with Crippen molar-refractivity contribution in [1.29, 1.82) is 0 Å². The molecular formula is C23H30BrFN2O4S. The number of amides is 2. The molecule has 32 heavy (non-hydrogen) atoms. The van der Waals surface area contributed by atoms with Crippen molar-refractivity contribution in [2.45, 2.75) is 77.5 Å². The van der Waals surface area contributed by atoms with Gasteiger partial charge in [-0.25, -0.2) is 19.0 Å². The topological polar surface area (TPSA) is 68.2 Å². The van der Waals surface area contributed by atoms with E-state index in [4.69, 9.17) is 14.5 Å². The summed E-state index contributed by atoms with van der Waals surface area (Å²) in [5.41, 5.74) is -2.01. The second-order valence-corrected chi connectivity index (χ2v) is 12.0. The number of hydrogen-bond acceptors (Lipinski definition) is 6. The Hall–Kier alpha value is -1.61. The van der Waals surface area contributed by atoms with Gasteiger partial charge < -0.3 is 9.47 Å². The molecule has 2 atom stereocenters. The largest absolute Gasteiger partial charge is 0.443 e. The number of aliphatic imine (C=N–C) groups is 1. The van der Waals surface area contributed by atoms with Gasteiger partial charge in [0, 0.05) is 15.8 Å². The number of halogens is 2. The first-order valence-corrected chi connectivity index (χ1v) is 12.4. The summed E-state index contributed by atoms with van der Waals surface area (Å²) in [4.78, 5) is 31.9. The summed E-state index contributed by atoms with van der Waals surface area (Å²) in [5, 5.41) is 0.172. The van der Waals surface area contributed by atoms with E-state index in [1.165, 1.54) is 17.8 Å². The molecule has 1 unspecified atom stereocenters. The summed E-state index contributed by atoms with van der Waals surface area (Å²) >= 11 is 4.73. The highest BCUT2D eigenvalue weighted by Gasteiger charge is 2.50. The average Bonchev–Trinajstić information content (AvgIpc) is 3.05. The number of nitrogens with zero attached hydrogens (tertiary/aromatic N) is 2. The smallest absolute Gasteiger partial charge is 0.426 e. The minimum Gasteiger partial charge on any atom is -0.443 e. The predicted molar refractivity (Wildman–Crippen MR) is 127 cm³/mol. The number of fused-ring (bicyclic) bond motifs is 1. The Morgan fingerprint density at radius 1 is 1.16 bits per heavy atom. The van der Waals surface area contributed by atoms with E-state index in [0.717, 1.165) is 22.2 Å². The van der Waals surface area contributed by atoms with Gasteiger partial charge in [0.2, 0.25) is 0 Å². The maximum atomic E-state index is 15.0. The summed E-state index contributed by atoms with van der Waals surface area (Å²) in [6.07, 6.45) is 0.686. The van der Waals surface area contributed by atoms with Crippen LogP contribution in [0.15, 0.2) is 27.7 Å². The van der Waals surface area contributed by atoms with Crippen LogP contribution in [0.1, 0.15) is 66.4 Å². The highest BCUT2D eigenvalue weighted by Crippen LogP contribution is 2.52. The number of carbonyl (C=O) groups is 2. The minimum absolute atomic E-state index is 0.0965. The van der Waals surface area contributed by atoms with Crippen LogP contribution in [0.4, 0.5) is 14.0 Å². The number of amidine groups is 1. The number of benzene rings is 1. The Kier molecular flexibility index (Phi) is 7.01. The zero-order chi connectivity index (χ0) is 23.9. The third kappa shape index (κ3) is 5.47. The highest BCUT2D eigenvalue weighted by atomic mass is 79.9. The van der Waals surface area contributed by atoms with Gasteiger partial charge in [-0.15, -0.1) is 0 Å². The monoisotopic (exact) mass is 528 g/mol. The fourth-order valence-electron chi connectivity index (χ4n) is 4.01. The summed E-state index contributed by atoms with van der Waals surface area (Å²) in [6.45, 7) is 10.3. The molecule has 6 nitrogen and oxygen atoms in total. The summed E-state index contributed by atoms with van der Waals surface area (Å²) in [6, 6.07) is 4.81. The van der Waals surface area contributed by atoms with Crippen LogP contribution in [-0.4, -0.2) is 39.2 Å². The molecule has 1 aliphatic carbocycles. The number of rotatable bonds is 1. The molecule has 2 amide bonds. The van der Waals surface area contributed by atoms with Gasteiger partial charge in [0.15, 0.2) is 5.17 Å². The second kappa shape index (κ2) is 8.97. The van der Waals surface area contributed by atoms with Crippen LogP contribution in [0.2, 0.25) is 0 Å². The summed E-state index contributed by atoms with van der Waals surface area (Å²) in [5.74, 6) is 0.350. The summed E-state index contributed by atoms with van der Waals surface area (Å²) < 4.78 is 26.7. The van der Waals surface area contributed by atoms with Crippen LogP contribution < -0.4 is 0 Å². The number of ether oxygens (including phenoxy) is 2. The predicted octanol–water partition coefficient (Wildman–Crippen LogP) is 6.86. The first-order valence-electron chi connectivity index (χ1n) is 10.7. The van der Waals surface area contributed by atoms with E-state index in [9.17, 15) is 14.0 Å². The Balaban J connectivity index is 2.10. The fourth-order valence-corrected chi connectivity index (χ4v) is 5.67. The fraction of sp³-hybridized carbons (Fsp3) is 0.609. The van der Waals surface area contributed by atoms with Gasteiger partial charge in [-0.2, -0.15) is 4.90 Å². The number of imide groups is 1. The number of thioether (sulfide) groups is 1. The average molecular weight is 529 g/mol. The molecule has 1 aliphatic heterocycles. The van der Waals surface area contributed by atoms with Crippen LogP contribution in [0.25, 0.3) is 0 Å². The summed E-state index contributed by atoms with van der Waals surface area (Å²) in [7, 11) is 0. The lowest BCUT2D eigenvalue weighted by Gasteiger charge is -2.39. The SMILES string of the molecule is CC(C)(C)OC(=O)N(C(=O)OC(C)(C)C)C1=N[C@@]2(c3cc(Br)ccc3F)CCCC2CS1. The molecule has 1 aromatic carbocycles. The maximum absolute atomic E-state index is 15.0. The van der Waals surface area contributed by atoms with Crippen molar-refractivity contribution >= 4 is 45.0 Å². The highest BCUT2D eigenvalue weighted by molar-refractivity contribution is 9.10. The standard InChI is InChI=1S/C23H30BrFN2O4S/c1-21(2,3)30-19(28)27(20(29)31-22(4,5)6)18-26-23(11-7-8-14(23)13-32-18)16-12-15(24)9-10-17(16)25/h9-10,12,14H,7-8,11,13H2,1-6H3/t14?,23-/m0/s1. The van der Waals surface area contributed by atoms with Crippen molar-refractivity contribution in [3.05, 3.63) is 34.1 Å². The Bertz CT molecular complexity index is 913. The van der Waals surface area contributed by atoms with E-state index in [-0.39, 0.29) is 16.9 Å². The molecule has 2 aliphatic rings. The number of carbonyl (C=O) groups excluding carboxylic acids is 2. The lowest BCUT2D eigenvalue weighted by Crippen LogP contribution is -2.49. The van der Waals surface area contributed by atoms with Crippen LogP contribution in [-0.2, 0) is 15.0 Å². The van der Waals surface area contributed by atoms with Crippen molar-refractivity contribution < 1.29 is 23.5 Å². The van der Waals surface area contributed by atoms with Gasteiger partial charge in [0.25, 0.3) is 0 Å². The molecule has 1 heterocycles. The molecule has 0 N–H and O–H groups in total. The van der Waals surface area contributed by atoms with Crippen LogP contribution >= 0.6 is 27.7 Å². The molecule has 0 radical (unpaired) electrons. The van der Waals surface area contributed by atoms with Crippen molar-refractivity contribution in [2.75, 3.05) is 5.75 Å². The van der Waals surface area contributed by atoms with E-state index in [1.54, 1.807) is 53.7 Å². The molecule has 176 valence electrons. The molecule has 0 aromatic heterocycles. The van der Waals surface area contributed by atoms with Gasteiger partial charge in [-0.3, -0.25) is 0 Å². The Labute approximate surface area is 201 Å². The van der Waals surface area contributed by atoms with E-state index in [0.29, 0.717) is 17.7 Å². The molecular weight excluding hydrogens is 499 g/mol. The minimum atomic E-state index is -0.862. The van der Waals surface area contributed by atoms with Gasteiger partial charge >= 0.3 is 12.2 Å². The zero-order valence-corrected chi connectivity index (χ0v) is 21.7. The number of hydrogen-bond donors (Lipinski definition) is 0. The van der Waals surface area contributed by atoms with Crippen molar-refractivity contribution in [3.8, 4) is 0 Å². The maximum Gasteiger partial charge on any atom is 0.426 e. The molecule has 1 aromatic rings. The van der Waals surface area contributed by atoms with Crippen molar-refractivity contribution in [3.63, 3.8) is 0 Å². The zero-order valence-electron chi connectivity index (χ0n) is 19.3. The molecule has 1 saturated carbocycles. The molecule has 1 fully saturated rings. The molecule has 0 saturated heterocycles. The third-order valence-corrected chi connectivity index (χ3v) is 6.83. The van der Waals surface area contributed by atoms with E-state index in [1.807, 2.05) is 0 Å². The van der Waals surface area contributed by atoms with E-state index < -0.39 is 28.9 Å². The van der Waals surface area contributed by atoms with Crippen molar-refractivity contribution in [2.24, 2.45) is 10.9 Å². The van der Waals surface area contributed by atoms with Gasteiger partial charge in [-0.1, -0.05) is 34.1 Å². The van der Waals surface area contributed by atoms with Crippen LogP contribution in [0, 0.1) is 11.7 Å². The van der Waals surface area contributed by atoms with Crippen LogP contribution in [0.3, 0.4) is 0 Å². The third-order valence-electron chi connectivity index (χ3n) is 5.23. The first-order chi connectivity index (χ1) is 14.7. The van der Waals surface area contributed by atoms with Gasteiger partial charge in [0.1, 0.15) is 17.0 Å². The van der Waals surface area contributed by atoms with E-state index in [2.05, 4.69) is 15.9 Å². The van der Waals surface area contributed by atoms with Crippen molar-refractivity contribution in [1.82, 2.24) is 4.90 Å². The van der Waals surface area contributed by atoms with Crippen LogP contribution in [0.5, 0.6) is 0 Å². The Morgan fingerprint density at radius 2 is 1.75 bits per heavy atom. The van der Waals surface area contributed by atoms with E-state index >= 15 is 0 Å². The molecule has 0 spiro atoms.